The second-order valence-electron chi connectivity index (χ2n) is 6.72. The number of hydrogen-bond acceptors (Lipinski definition) is 0. The SMILES string of the molecule is CC[C](C)C1=C(C)C(C)=C(C)C1(C)[SiH](C)c1ccccc1. The van der Waals surface area contributed by atoms with Crippen LogP contribution in [0.15, 0.2) is 52.6 Å². The first-order chi connectivity index (χ1) is 9.85. The van der Waals surface area contributed by atoms with Gasteiger partial charge in [0.25, 0.3) is 0 Å². The van der Waals surface area contributed by atoms with E-state index in [0.29, 0.717) is 0 Å². The van der Waals surface area contributed by atoms with Crippen molar-refractivity contribution in [3.63, 3.8) is 0 Å². The first kappa shape index (κ1) is 16.3. The Bertz CT molecular complexity index is 579. The molecular weight excluding hydrogens is 268 g/mol. The van der Waals surface area contributed by atoms with Crippen molar-refractivity contribution >= 4 is 14.0 Å². The van der Waals surface area contributed by atoms with Crippen LogP contribution >= 0.6 is 0 Å². The number of hydrogen-bond donors (Lipinski definition) is 0. The molecule has 2 atom stereocenters. The third kappa shape index (κ3) is 2.46. The molecule has 0 fully saturated rings. The zero-order chi connectivity index (χ0) is 15.8. The average molecular weight is 298 g/mol. The molecule has 1 aromatic carbocycles. The Morgan fingerprint density at radius 3 is 2.14 bits per heavy atom. The molecule has 21 heavy (non-hydrogen) atoms. The Labute approximate surface area is 132 Å². The van der Waals surface area contributed by atoms with Crippen LogP contribution in [0, 0.1) is 5.92 Å². The van der Waals surface area contributed by atoms with Crippen molar-refractivity contribution < 1.29 is 0 Å². The van der Waals surface area contributed by atoms with Gasteiger partial charge in [0.2, 0.25) is 0 Å². The van der Waals surface area contributed by atoms with Gasteiger partial charge in [0.05, 0.1) is 8.80 Å². The highest BCUT2D eigenvalue weighted by Crippen LogP contribution is 2.57. The van der Waals surface area contributed by atoms with Gasteiger partial charge >= 0.3 is 0 Å². The van der Waals surface area contributed by atoms with Crippen LogP contribution in [-0.2, 0) is 0 Å². The van der Waals surface area contributed by atoms with Gasteiger partial charge in [-0.3, -0.25) is 0 Å². The van der Waals surface area contributed by atoms with E-state index in [1.807, 2.05) is 0 Å². The van der Waals surface area contributed by atoms with E-state index in [9.17, 15) is 0 Å². The summed E-state index contributed by atoms with van der Waals surface area (Å²) >= 11 is 0. The van der Waals surface area contributed by atoms with Crippen LogP contribution in [0.4, 0.5) is 0 Å². The summed E-state index contributed by atoms with van der Waals surface area (Å²) in [7, 11) is -1.13. The maximum Gasteiger partial charge on any atom is 0.0829 e. The van der Waals surface area contributed by atoms with Crippen LogP contribution in [-0.4, -0.2) is 8.80 Å². The topological polar surface area (TPSA) is 0 Å². The van der Waals surface area contributed by atoms with Gasteiger partial charge in [0.15, 0.2) is 0 Å². The van der Waals surface area contributed by atoms with Crippen molar-refractivity contribution in [2.45, 2.75) is 59.5 Å². The Morgan fingerprint density at radius 2 is 1.62 bits per heavy atom. The fourth-order valence-electron chi connectivity index (χ4n) is 3.99. The van der Waals surface area contributed by atoms with Crippen molar-refractivity contribution in [3.8, 4) is 0 Å². The summed E-state index contributed by atoms with van der Waals surface area (Å²) in [5.41, 5.74) is 6.30. The molecule has 113 valence electrons. The highest BCUT2D eigenvalue weighted by atomic mass is 28.3. The summed E-state index contributed by atoms with van der Waals surface area (Å²) in [5, 5.41) is 1.83. The zero-order valence-electron chi connectivity index (χ0n) is 14.7. The number of allylic oxidation sites excluding steroid dienone is 4. The lowest BCUT2D eigenvalue weighted by Crippen LogP contribution is -2.40. The standard InChI is InChI=1S/C20H29Si/c1-8-14(2)19-16(4)15(3)17(5)20(19,6)21(7)18-12-10-9-11-13-18/h9-13,21H,8H2,1-7H3. The minimum absolute atomic E-state index is 0.260. The highest BCUT2D eigenvalue weighted by Gasteiger charge is 2.45. The van der Waals surface area contributed by atoms with Crippen molar-refractivity contribution in [1.29, 1.82) is 0 Å². The van der Waals surface area contributed by atoms with Gasteiger partial charge in [-0.15, -0.1) is 0 Å². The Morgan fingerprint density at radius 1 is 1.05 bits per heavy atom. The molecular formula is C20H29Si. The third-order valence-corrected chi connectivity index (χ3v) is 9.76. The van der Waals surface area contributed by atoms with Crippen molar-refractivity contribution in [1.82, 2.24) is 0 Å². The van der Waals surface area contributed by atoms with Crippen molar-refractivity contribution in [2.24, 2.45) is 0 Å². The molecule has 1 aromatic rings. The van der Waals surface area contributed by atoms with Crippen LogP contribution in [0.5, 0.6) is 0 Å². The summed E-state index contributed by atoms with van der Waals surface area (Å²) in [6, 6.07) is 11.2. The second kappa shape index (κ2) is 5.96. The largest absolute Gasteiger partial charge is 0.0829 e. The first-order valence-electron chi connectivity index (χ1n) is 8.13. The summed E-state index contributed by atoms with van der Waals surface area (Å²) in [6.07, 6.45) is 1.15. The lowest BCUT2D eigenvalue weighted by molar-refractivity contribution is 0.765. The minimum Gasteiger partial charge on any atom is -0.0671 e. The van der Waals surface area contributed by atoms with Crippen molar-refractivity contribution in [3.05, 3.63) is 58.5 Å². The van der Waals surface area contributed by atoms with Gasteiger partial charge in [-0.05, 0) is 44.3 Å². The van der Waals surface area contributed by atoms with Gasteiger partial charge < -0.3 is 0 Å². The van der Waals surface area contributed by atoms with E-state index in [2.05, 4.69) is 78.4 Å². The van der Waals surface area contributed by atoms with Crippen LogP contribution in [0.25, 0.3) is 0 Å². The Hall–Kier alpha value is -1.08. The van der Waals surface area contributed by atoms with Gasteiger partial charge in [0, 0.05) is 5.04 Å². The van der Waals surface area contributed by atoms with E-state index in [1.165, 1.54) is 11.1 Å². The quantitative estimate of drug-likeness (QED) is 0.672. The molecule has 0 saturated heterocycles. The second-order valence-corrected chi connectivity index (χ2v) is 9.98. The molecule has 0 aromatic heterocycles. The maximum atomic E-state index is 2.52. The van der Waals surface area contributed by atoms with Gasteiger partial charge in [-0.2, -0.15) is 0 Å². The number of benzene rings is 1. The van der Waals surface area contributed by atoms with Crippen LogP contribution in [0.1, 0.15) is 48.0 Å². The summed E-state index contributed by atoms with van der Waals surface area (Å²) < 4.78 is 0. The molecule has 0 bridgehead atoms. The molecule has 1 aliphatic carbocycles. The molecule has 0 amide bonds. The molecule has 0 heterocycles. The summed E-state index contributed by atoms with van der Waals surface area (Å²) in [4.78, 5) is 0. The molecule has 2 rings (SSSR count). The van der Waals surface area contributed by atoms with E-state index in [0.717, 1.165) is 6.42 Å². The molecule has 0 spiro atoms. The molecule has 1 radical (unpaired) electrons. The Balaban J connectivity index is 2.57. The van der Waals surface area contributed by atoms with Gasteiger partial charge in [0.1, 0.15) is 0 Å². The van der Waals surface area contributed by atoms with E-state index >= 15 is 0 Å². The molecule has 1 aliphatic rings. The predicted octanol–water partition coefficient (Wildman–Crippen LogP) is 5.18. The molecule has 0 nitrogen and oxygen atoms in total. The predicted molar refractivity (Wildman–Crippen MR) is 97.7 cm³/mol. The minimum atomic E-state index is -1.13. The van der Waals surface area contributed by atoms with E-state index in [1.54, 1.807) is 22.3 Å². The maximum absolute atomic E-state index is 2.52. The summed E-state index contributed by atoms with van der Waals surface area (Å²) in [5.74, 6) is 1.57. The van der Waals surface area contributed by atoms with Crippen LogP contribution < -0.4 is 5.19 Å². The van der Waals surface area contributed by atoms with E-state index in [4.69, 9.17) is 0 Å². The first-order valence-corrected chi connectivity index (χ1v) is 10.4. The molecule has 2 unspecified atom stereocenters. The monoisotopic (exact) mass is 297 g/mol. The fraction of sp³-hybridized carbons (Fsp3) is 0.450. The normalized spacial score (nSPS) is 24.2. The smallest absolute Gasteiger partial charge is 0.0671 e. The lowest BCUT2D eigenvalue weighted by Gasteiger charge is -2.39. The average Bonchev–Trinajstić information content (AvgIpc) is 2.68. The van der Waals surface area contributed by atoms with E-state index in [-0.39, 0.29) is 5.04 Å². The highest BCUT2D eigenvalue weighted by molar-refractivity contribution is 6.76. The lowest BCUT2D eigenvalue weighted by atomic mass is 9.85. The van der Waals surface area contributed by atoms with Gasteiger partial charge in [-0.1, -0.05) is 74.0 Å². The molecule has 0 saturated carbocycles. The fourth-order valence-corrected chi connectivity index (χ4v) is 7.22. The van der Waals surface area contributed by atoms with Gasteiger partial charge in [-0.25, -0.2) is 0 Å². The molecule has 1 heteroatoms. The third-order valence-electron chi connectivity index (χ3n) is 5.92. The molecule has 0 N–H and O–H groups in total. The Kier molecular flexibility index (Phi) is 4.62. The summed E-state index contributed by atoms with van der Waals surface area (Å²) in [6.45, 7) is 16.6. The number of rotatable bonds is 4. The van der Waals surface area contributed by atoms with Crippen LogP contribution in [0.2, 0.25) is 11.6 Å². The van der Waals surface area contributed by atoms with Crippen molar-refractivity contribution in [2.75, 3.05) is 0 Å². The zero-order valence-corrected chi connectivity index (χ0v) is 15.8. The van der Waals surface area contributed by atoms with Crippen LogP contribution in [0.3, 0.4) is 0 Å². The molecule has 0 aliphatic heterocycles. The van der Waals surface area contributed by atoms with E-state index < -0.39 is 8.80 Å².